The van der Waals surface area contributed by atoms with Gasteiger partial charge < -0.3 is 0 Å². The molecule has 0 aromatic heterocycles. The van der Waals surface area contributed by atoms with E-state index in [1.165, 1.54) is 6.66 Å². The van der Waals surface area contributed by atoms with Gasteiger partial charge in [-0.25, -0.2) is 0 Å². The molecule has 0 aromatic carbocycles. The van der Waals surface area contributed by atoms with Crippen molar-refractivity contribution in [2.45, 2.75) is 6.92 Å². The molecule has 0 unspecified atom stereocenters. The van der Waals surface area contributed by atoms with Crippen LogP contribution in [0.15, 0.2) is 0 Å². The average Bonchev–Trinajstić information content (AvgIpc) is 2.04. The van der Waals surface area contributed by atoms with Gasteiger partial charge in [-0.15, -0.1) is 0 Å². The molecule has 0 aliphatic rings. The van der Waals surface area contributed by atoms with Crippen LogP contribution in [0, 0.1) is 33.2 Å². The zero-order valence-corrected chi connectivity index (χ0v) is 6.89. The first kappa shape index (κ1) is 8.90. The predicted octanol–water partition coefficient (Wildman–Crippen LogP) is 1.63. The SMILES string of the molecule is CCP(C)(C#N)(C#N)C#N. The van der Waals surface area contributed by atoms with Crippen LogP contribution in [0.1, 0.15) is 6.92 Å². The van der Waals surface area contributed by atoms with E-state index in [-0.39, 0.29) is 0 Å². The molecule has 0 saturated carbocycles. The summed E-state index contributed by atoms with van der Waals surface area (Å²) >= 11 is 0. The molecule has 0 amide bonds. The molecule has 0 aromatic rings. The van der Waals surface area contributed by atoms with Crippen LogP contribution in [0.25, 0.3) is 0 Å². The molecular weight excluding hydrogens is 145 g/mol. The molecule has 10 heavy (non-hydrogen) atoms. The van der Waals surface area contributed by atoms with Gasteiger partial charge in [-0.3, -0.25) is 0 Å². The third kappa shape index (κ3) is 1.08. The third-order valence-electron chi connectivity index (χ3n) is 1.60. The number of nitriles is 3. The Labute approximate surface area is 60.4 Å². The maximum absolute atomic E-state index is 8.60. The predicted molar refractivity (Wildman–Crippen MR) is 40.2 cm³/mol. The average molecular weight is 153 g/mol. The Hall–Kier alpha value is -1.10. The molecule has 3 nitrogen and oxygen atoms in total. The molecule has 0 rings (SSSR count). The Morgan fingerprint density at radius 3 is 1.40 bits per heavy atom. The van der Waals surface area contributed by atoms with E-state index in [4.69, 9.17) is 15.8 Å². The summed E-state index contributed by atoms with van der Waals surface area (Å²) < 4.78 is 0. The fourth-order valence-electron chi connectivity index (χ4n) is 0.279. The van der Waals surface area contributed by atoms with Gasteiger partial charge in [0.05, 0.1) is 0 Å². The normalized spacial score (nSPS) is 13.3. The van der Waals surface area contributed by atoms with Gasteiger partial charge in [-0.1, -0.05) is 0 Å². The minimum atomic E-state index is -3.24. The number of rotatable bonds is 1. The molecule has 0 heterocycles. The molecule has 52 valence electrons. The quantitative estimate of drug-likeness (QED) is 0.537. The van der Waals surface area contributed by atoms with Gasteiger partial charge in [0.25, 0.3) is 0 Å². The summed E-state index contributed by atoms with van der Waals surface area (Å²) in [5, 5.41) is 25.8. The van der Waals surface area contributed by atoms with Crippen LogP contribution in [-0.2, 0) is 0 Å². The summed E-state index contributed by atoms with van der Waals surface area (Å²) in [7, 11) is 0. The van der Waals surface area contributed by atoms with Gasteiger partial charge in [0.15, 0.2) is 0 Å². The van der Waals surface area contributed by atoms with Crippen LogP contribution in [0.5, 0.6) is 0 Å². The van der Waals surface area contributed by atoms with E-state index in [1.807, 2.05) is 17.4 Å². The van der Waals surface area contributed by atoms with Crippen molar-refractivity contribution in [3.05, 3.63) is 0 Å². The molecule has 0 aliphatic carbocycles. The van der Waals surface area contributed by atoms with E-state index < -0.39 is 6.60 Å². The molecule has 0 saturated heterocycles. The molecule has 0 atom stereocenters. The second-order valence-electron chi connectivity index (χ2n) is 2.41. The van der Waals surface area contributed by atoms with Crippen LogP contribution in [-0.4, -0.2) is 12.8 Å². The van der Waals surface area contributed by atoms with Crippen LogP contribution in [0.2, 0.25) is 0 Å². The first-order valence-electron chi connectivity index (χ1n) is 2.81. The first-order valence-corrected chi connectivity index (χ1v) is 5.68. The Kier molecular flexibility index (Phi) is 2.01. The molecule has 0 aliphatic heterocycles. The zero-order chi connectivity index (χ0) is 8.28. The van der Waals surface area contributed by atoms with Crippen molar-refractivity contribution in [3.8, 4) is 17.4 Å². The maximum atomic E-state index is 8.60. The van der Waals surface area contributed by atoms with Crippen molar-refractivity contribution in [1.82, 2.24) is 0 Å². The van der Waals surface area contributed by atoms with Gasteiger partial charge in [0, 0.05) is 0 Å². The van der Waals surface area contributed by atoms with Gasteiger partial charge >= 0.3 is 59.6 Å². The molecule has 0 spiro atoms. The molecule has 4 heteroatoms. The minimum absolute atomic E-state index is 0.356. The monoisotopic (exact) mass is 153 g/mol. The Balaban J connectivity index is 5.17. The summed E-state index contributed by atoms with van der Waals surface area (Å²) in [6.07, 6.45) is 0.356. The van der Waals surface area contributed by atoms with E-state index >= 15 is 0 Å². The van der Waals surface area contributed by atoms with E-state index in [1.54, 1.807) is 6.92 Å². The second-order valence-corrected chi connectivity index (χ2v) is 7.24. The van der Waals surface area contributed by atoms with Crippen LogP contribution >= 0.6 is 6.60 Å². The zero-order valence-electron chi connectivity index (χ0n) is 6.00. The van der Waals surface area contributed by atoms with Gasteiger partial charge in [-0.2, -0.15) is 0 Å². The molecule has 0 N–H and O–H groups in total. The Bertz CT molecular complexity index is 223. The molecule has 0 fully saturated rings. The Morgan fingerprint density at radius 1 is 1.10 bits per heavy atom. The van der Waals surface area contributed by atoms with Crippen molar-refractivity contribution in [2.24, 2.45) is 0 Å². The van der Waals surface area contributed by atoms with Crippen LogP contribution in [0.3, 0.4) is 0 Å². The summed E-state index contributed by atoms with van der Waals surface area (Å²) in [5.41, 5.74) is 0. The Morgan fingerprint density at radius 2 is 1.40 bits per heavy atom. The third-order valence-corrected chi connectivity index (χ3v) is 4.81. The fraction of sp³-hybridized carbons (Fsp3) is 0.500. The van der Waals surface area contributed by atoms with Crippen molar-refractivity contribution < 1.29 is 0 Å². The number of nitrogens with zero attached hydrogens (tertiary/aromatic N) is 3. The first-order chi connectivity index (χ1) is 4.54. The fourth-order valence-corrected chi connectivity index (χ4v) is 0.838. The van der Waals surface area contributed by atoms with E-state index in [0.717, 1.165) is 0 Å². The van der Waals surface area contributed by atoms with Gasteiger partial charge in [0.1, 0.15) is 0 Å². The number of hydrogen-bond donors (Lipinski definition) is 0. The standard InChI is InChI=1S/C6H8N3P/c1-3-10(2,4-7,5-8)6-9/h3H2,1-2H3. The van der Waals surface area contributed by atoms with E-state index in [9.17, 15) is 0 Å². The van der Waals surface area contributed by atoms with Crippen LogP contribution < -0.4 is 0 Å². The summed E-state index contributed by atoms with van der Waals surface area (Å²) in [5.74, 6) is 5.55. The van der Waals surface area contributed by atoms with Gasteiger partial charge in [-0.05, 0) is 0 Å². The molecule has 0 radical (unpaired) electrons. The topological polar surface area (TPSA) is 71.4 Å². The molecular formula is C6H8N3P. The molecule has 0 bridgehead atoms. The van der Waals surface area contributed by atoms with Crippen molar-refractivity contribution >= 4 is 6.60 Å². The van der Waals surface area contributed by atoms with Crippen molar-refractivity contribution in [2.75, 3.05) is 12.8 Å². The summed E-state index contributed by atoms with van der Waals surface area (Å²) in [4.78, 5) is 0. The summed E-state index contributed by atoms with van der Waals surface area (Å²) in [6.45, 7) is -0.0562. The summed E-state index contributed by atoms with van der Waals surface area (Å²) in [6, 6.07) is 0. The van der Waals surface area contributed by atoms with E-state index in [2.05, 4.69) is 0 Å². The second kappa shape index (κ2) is 2.26. The van der Waals surface area contributed by atoms with Crippen LogP contribution in [0.4, 0.5) is 0 Å². The van der Waals surface area contributed by atoms with E-state index in [0.29, 0.717) is 6.16 Å². The number of hydrogen-bond acceptors (Lipinski definition) is 3. The van der Waals surface area contributed by atoms with Crippen molar-refractivity contribution in [3.63, 3.8) is 0 Å². The van der Waals surface area contributed by atoms with Crippen molar-refractivity contribution in [1.29, 1.82) is 15.8 Å². The van der Waals surface area contributed by atoms with Gasteiger partial charge in [0.2, 0.25) is 0 Å².